The quantitative estimate of drug-likeness (QED) is 0.776. The van der Waals surface area contributed by atoms with E-state index >= 15 is 0 Å². The number of amides is 1. The first-order valence-corrected chi connectivity index (χ1v) is 10.4. The van der Waals surface area contributed by atoms with E-state index in [1.807, 2.05) is 24.3 Å². The first kappa shape index (κ1) is 19.8. The van der Waals surface area contributed by atoms with Gasteiger partial charge < -0.3 is 14.4 Å². The van der Waals surface area contributed by atoms with Gasteiger partial charge in [-0.2, -0.15) is 0 Å². The maximum atomic E-state index is 12.5. The molecule has 29 heavy (non-hydrogen) atoms. The second-order valence-electron chi connectivity index (χ2n) is 8.03. The fourth-order valence-electron chi connectivity index (χ4n) is 5.13. The summed E-state index contributed by atoms with van der Waals surface area (Å²) < 4.78 is 10.9. The molecule has 0 N–H and O–H groups in total. The average molecular weight is 395 g/mol. The van der Waals surface area contributed by atoms with Gasteiger partial charge in [-0.1, -0.05) is 30.3 Å². The number of methoxy groups -OCH3 is 2. The van der Waals surface area contributed by atoms with E-state index in [2.05, 4.69) is 34.1 Å². The molecule has 154 valence electrons. The largest absolute Gasteiger partial charge is 0.497 e. The number of nitrogens with zero attached hydrogens (tertiary/aromatic N) is 2. The molecule has 2 aromatic rings. The second-order valence-corrected chi connectivity index (χ2v) is 8.03. The number of carbonyl (C=O) groups excluding carboxylic acids is 1. The Morgan fingerprint density at radius 3 is 2.52 bits per heavy atom. The van der Waals surface area contributed by atoms with Crippen LogP contribution in [-0.2, 0) is 11.3 Å². The van der Waals surface area contributed by atoms with Crippen molar-refractivity contribution in [2.45, 2.75) is 44.3 Å². The van der Waals surface area contributed by atoms with Crippen molar-refractivity contribution in [1.29, 1.82) is 0 Å². The molecular formula is C24H30N2O3. The predicted octanol–water partition coefficient (Wildman–Crippen LogP) is 3.68. The third-order valence-electron chi connectivity index (χ3n) is 6.48. The molecular weight excluding hydrogens is 364 g/mol. The van der Waals surface area contributed by atoms with Crippen molar-refractivity contribution in [1.82, 2.24) is 9.80 Å². The highest BCUT2D eigenvalue weighted by Crippen LogP contribution is 2.41. The van der Waals surface area contributed by atoms with Gasteiger partial charge in [0.15, 0.2) is 0 Å². The number of ether oxygens (including phenoxy) is 2. The van der Waals surface area contributed by atoms with Crippen molar-refractivity contribution in [3.05, 3.63) is 59.7 Å². The molecule has 0 saturated carbocycles. The van der Waals surface area contributed by atoms with Crippen LogP contribution in [0.15, 0.2) is 48.5 Å². The van der Waals surface area contributed by atoms with Gasteiger partial charge in [-0.15, -0.1) is 0 Å². The second kappa shape index (κ2) is 8.46. The number of rotatable bonds is 5. The molecule has 0 bridgehead atoms. The third-order valence-corrected chi connectivity index (χ3v) is 6.48. The molecule has 2 heterocycles. The fourth-order valence-corrected chi connectivity index (χ4v) is 5.13. The highest BCUT2D eigenvalue weighted by Gasteiger charge is 2.47. The standard InChI is InChI=1S/C24H30N2O3/c1-17(27)26-14-6-8-22-24(26)21(18-10-12-20(28-2)13-11-18)16-25(22)15-19-7-4-5-9-23(19)29-3/h4-5,7,9-13,21-22,24H,6,8,14-16H2,1-3H3/t21-,22-,24-/m1/s1. The van der Waals surface area contributed by atoms with E-state index in [1.165, 1.54) is 11.1 Å². The van der Waals surface area contributed by atoms with Crippen LogP contribution in [0.4, 0.5) is 0 Å². The molecule has 2 fully saturated rings. The first-order chi connectivity index (χ1) is 14.1. The Hall–Kier alpha value is -2.53. The minimum absolute atomic E-state index is 0.178. The normalized spacial score (nSPS) is 24.2. The van der Waals surface area contributed by atoms with Crippen LogP contribution < -0.4 is 9.47 Å². The molecule has 2 aliphatic rings. The fraction of sp³-hybridized carbons (Fsp3) is 0.458. The summed E-state index contributed by atoms with van der Waals surface area (Å²) in [6.07, 6.45) is 2.18. The van der Waals surface area contributed by atoms with E-state index in [-0.39, 0.29) is 11.9 Å². The van der Waals surface area contributed by atoms with Crippen LogP contribution in [0, 0.1) is 0 Å². The van der Waals surface area contributed by atoms with Crippen LogP contribution in [0.5, 0.6) is 11.5 Å². The SMILES string of the molecule is COc1ccc([C@H]2CN(Cc3ccccc3OC)[C@@H]3CCCN(C(C)=O)[C@H]23)cc1. The van der Waals surface area contributed by atoms with Crippen LogP contribution in [0.2, 0.25) is 0 Å². The van der Waals surface area contributed by atoms with Gasteiger partial charge in [0, 0.05) is 44.1 Å². The Morgan fingerprint density at radius 2 is 1.83 bits per heavy atom. The lowest BCUT2D eigenvalue weighted by Gasteiger charge is -2.41. The summed E-state index contributed by atoms with van der Waals surface area (Å²) in [6.45, 7) is 4.33. The first-order valence-electron chi connectivity index (χ1n) is 10.4. The number of fused-ring (bicyclic) bond motifs is 1. The zero-order valence-electron chi connectivity index (χ0n) is 17.5. The average Bonchev–Trinajstić information content (AvgIpc) is 3.12. The number of benzene rings is 2. The number of likely N-dealkylation sites (tertiary alicyclic amines) is 2. The van der Waals surface area contributed by atoms with E-state index in [9.17, 15) is 4.79 Å². The van der Waals surface area contributed by atoms with Gasteiger partial charge in [0.1, 0.15) is 11.5 Å². The van der Waals surface area contributed by atoms with Crippen LogP contribution in [0.25, 0.3) is 0 Å². The van der Waals surface area contributed by atoms with Crippen molar-refractivity contribution in [3.63, 3.8) is 0 Å². The summed E-state index contributed by atoms with van der Waals surface area (Å²) >= 11 is 0. The summed E-state index contributed by atoms with van der Waals surface area (Å²) in [4.78, 5) is 17.1. The van der Waals surface area contributed by atoms with Crippen molar-refractivity contribution in [2.24, 2.45) is 0 Å². The van der Waals surface area contributed by atoms with Crippen LogP contribution in [0.1, 0.15) is 36.8 Å². The Labute approximate surface area is 173 Å². The molecule has 5 nitrogen and oxygen atoms in total. The lowest BCUT2D eigenvalue weighted by atomic mass is 9.86. The van der Waals surface area contributed by atoms with E-state index < -0.39 is 0 Å². The maximum Gasteiger partial charge on any atom is 0.219 e. The van der Waals surface area contributed by atoms with Gasteiger partial charge in [0.25, 0.3) is 0 Å². The highest BCUT2D eigenvalue weighted by atomic mass is 16.5. The highest BCUT2D eigenvalue weighted by molar-refractivity contribution is 5.74. The molecule has 3 atom stereocenters. The number of para-hydroxylation sites is 1. The summed E-state index contributed by atoms with van der Waals surface area (Å²) in [5.74, 6) is 2.26. The number of carbonyl (C=O) groups is 1. The van der Waals surface area contributed by atoms with Gasteiger partial charge in [0.2, 0.25) is 5.91 Å². The summed E-state index contributed by atoms with van der Waals surface area (Å²) in [6, 6.07) is 17.2. The molecule has 0 spiro atoms. The lowest BCUT2D eigenvalue weighted by Crippen LogP contribution is -2.52. The van der Waals surface area contributed by atoms with E-state index in [1.54, 1.807) is 21.1 Å². The van der Waals surface area contributed by atoms with E-state index in [0.717, 1.165) is 44.0 Å². The summed E-state index contributed by atoms with van der Waals surface area (Å²) in [7, 11) is 3.41. The topological polar surface area (TPSA) is 42.0 Å². The molecule has 2 saturated heterocycles. The van der Waals surface area contributed by atoms with Crippen LogP contribution in [0.3, 0.4) is 0 Å². The molecule has 4 rings (SSSR count). The summed E-state index contributed by atoms with van der Waals surface area (Å²) in [5, 5.41) is 0. The van der Waals surface area contributed by atoms with Crippen molar-refractivity contribution in [2.75, 3.05) is 27.3 Å². The zero-order valence-corrected chi connectivity index (χ0v) is 17.5. The number of hydrogen-bond acceptors (Lipinski definition) is 4. The molecule has 0 aromatic heterocycles. The van der Waals surface area contributed by atoms with Gasteiger partial charge in [-0.3, -0.25) is 9.69 Å². The molecule has 5 heteroatoms. The smallest absolute Gasteiger partial charge is 0.219 e. The number of hydrogen-bond donors (Lipinski definition) is 0. The Kier molecular flexibility index (Phi) is 5.76. The zero-order chi connectivity index (χ0) is 20.4. The maximum absolute atomic E-state index is 12.5. The molecule has 2 aliphatic heterocycles. The van der Waals surface area contributed by atoms with Crippen molar-refractivity contribution in [3.8, 4) is 11.5 Å². The Morgan fingerprint density at radius 1 is 1.07 bits per heavy atom. The summed E-state index contributed by atoms with van der Waals surface area (Å²) in [5.41, 5.74) is 2.47. The van der Waals surface area contributed by atoms with Gasteiger partial charge in [-0.25, -0.2) is 0 Å². The van der Waals surface area contributed by atoms with Crippen LogP contribution >= 0.6 is 0 Å². The monoisotopic (exact) mass is 394 g/mol. The minimum Gasteiger partial charge on any atom is -0.497 e. The minimum atomic E-state index is 0.178. The van der Waals surface area contributed by atoms with Crippen LogP contribution in [-0.4, -0.2) is 55.1 Å². The Bertz CT molecular complexity index is 851. The van der Waals surface area contributed by atoms with Gasteiger partial charge >= 0.3 is 0 Å². The molecule has 0 radical (unpaired) electrons. The predicted molar refractivity (Wildman–Crippen MR) is 113 cm³/mol. The molecule has 0 unspecified atom stereocenters. The third kappa shape index (κ3) is 3.84. The van der Waals surface area contributed by atoms with Gasteiger partial charge in [-0.05, 0) is 36.6 Å². The van der Waals surface area contributed by atoms with E-state index in [4.69, 9.17) is 9.47 Å². The number of piperidine rings is 1. The van der Waals surface area contributed by atoms with Crippen molar-refractivity contribution < 1.29 is 14.3 Å². The molecule has 1 amide bonds. The molecule has 0 aliphatic carbocycles. The Balaban J connectivity index is 1.66. The van der Waals surface area contributed by atoms with Gasteiger partial charge in [0.05, 0.1) is 20.3 Å². The van der Waals surface area contributed by atoms with E-state index in [0.29, 0.717) is 12.0 Å². The van der Waals surface area contributed by atoms with Crippen molar-refractivity contribution >= 4 is 5.91 Å². The molecule has 2 aromatic carbocycles. The lowest BCUT2D eigenvalue weighted by molar-refractivity contribution is -0.133.